The summed E-state index contributed by atoms with van der Waals surface area (Å²) >= 11 is 0. The van der Waals surface area contributed by atoms with Gasteiger partial charge in [0.2, 0.25) is 0 Å². The third kappa shape index (κ3) is 2.44. The molecule has 0 aliphatic carbocycles. The van der Waals surface area contributed by atoms with Gasteiger partial charge in [-0.15, -0.1) is 0 Å². The molecule has 1 aliphatic heterocycles. The molecule has 0 amide bonds. The molecule has 72 valence electrons. The van der Waals surface area contributed by atoms with Crippen LogP contribution in [0.15, 0.2) is 0 Å². The van der Waals surface area contributed by atoms with Crippen molar-refractivity contribution < 1.29 is 14.9 Å². The first-order valence-corrected chi connectivity index (χ1v) is 4.72. The van der Waals surface area contributed by atoms with Crippen molar-refractivity contribution in [1.29, 1.82) is 0 Å². The minimum absolute atomic E-state index is 0.145. The monoisotopic (exact) mass is 174 g/mol. The molecule has 3 heteroatoms. The van der Waals surface area contributed by atoms with Gasteiger partial charge in [0.1, 0.15) is 6.10 Å². The molecule has 0 radical (unpaired) electrons. The largest absolute Gasteiger partial charge is 0.394 e. The van der Waals surface area contributed by atoms with E-state index in [0.29, 0.717) is 0 Å². The van der Waals surface area contributed by atoms with Gasteiger partial charge in [-0.25, -0.2) is 0 Å². The average molecular weight is 174 g/mol. The van der Waals surface area contributed by atoms with Crippen molar-refractivity contribution in [2.45, 2.75) is 50.9 Å². The minimum atomic E-state index is -0.695. The van der Waals surface area contributed by atoms with Crippen molar-refractivity contribution >= 4 is 0 Å². The van der Waals surface area contributed by atoms with Gasteiger partial charge in [0.25, 0.3) is 0 Å². The van der Waals surface area contributed by atoms with E-state index in [1.165, 1.54) is 0 Å². The second kappa shape index (κ2) is 4.80. The molecule has 3 nitrogen and oxygen atoms in total. The Labute approximate surface area is 73.4 Å². The smallest absolute Gasteiger partial charge is 0.103 e. The highest BCUT2D eigenvalue weighted by Crippen LogP contribution is 2.22. The lowest BCUT2D eigenvalue weighted by Gasteiger charge is -2.31. The average Bonchev–Trinajstić information content (AvgIpc) is 2.17. The maximum absolute atomic E-state index is 9.32. The zero-order valence-corrected chi connectivity index (χ0v) is 7.57. The number of aliphatic hydroxyl groups is 2. The van der Waals surface area contributed by atoms with E-state index in [1.54, 1.807) is 0 Å². The molecular weight excluding hydrogens is 156 g/mol. The van der Waals surface area contributed by atoms with E-state index in [-0.39, 0.29) is 18.8 Å². The molecule has 0 bridgehead atoms. The minimum Gasteiger partial charge on any atom is -0.394 e. The van der Waals surface area contributed by atoms with Gasteiger partial charge >= 0.3 is 0 Å². The van der Waals surface area contributed by atoms with Gasteiger partial charge < -0.3 is 14.9 Å². The summed E-state index contributed by atoms with van der Waals surface area (Å²) in [6.45, 7) is 1.89. The number of aliphatic hydroxyl groups excluding tert-OH is 2. The highest BCUT2D eigenvalue weighted by atomic mass is 16.5. The molecule has 0 aromatic rings. The van der Waals surface area contributed by atoms with Crippen molar-refractivity contribution in [3.05, 3.63) is 0 Å². The maximum Gasteiger partial charge on any atom is 0.103 e. The Hall–Kier alpha value is -0.120. The number of rotatable bonds is 3. The second-order valence-corrected chi connectivity index (χ2v) is 3.39. The predicted octanol–water partition coefficient (Wildman–Crippen LogP) is 0.687. The van der Waals surface area contributed by atoms with Crippen molar-refractivity contribution in [1.82, 2.24) is 0 Å². The first-order valence-electron chi connectivity index (χ1n) is 4.72. The predicted molar refractivity (Wildman–Crippen MR) is 45.9 cm³/mol. The molecule has 1 heterocycles. The molecule has 0 saturated carbocycles. The van der Waals surface area contributed by atoms with Crippen LogP contribution in [0.2, 0.25) is 0 Å². The lowest BCUT2D eigenvalue weighted by molar-refractivity contribution is -0.116. The third-order valence-corrected chi connectivity index (χ3v) is 2.45. The van der Waals surface area contributed by atoms with Gasteiger partial charge in [-0.05, 0) is 25.7 Å². The van der Waals surface area contributed by atoms with Crippen molar-refractivity contribution in [3.8, 4) is 0 Å². The van der Waals surface area contributed by atoms with E-state index in [4.69, 9.17) is 9.84 Å². The van der Waals surface area contributed by atoms with Gasteiger partial charge in [-0.2, -0.15) is 0 Å². The summed E-state index contributed by atoms with van der Waals surface area (Å²) in [5.74, 6) is 0. The highest BCUT2D eigenvalue weighted by Gasteiger charge is 2.26. The Balaban J connectivity index is 2.34. The van der Waals surface area contributed by atoms with Gasteiger partial charge in [0.15, 0.2) is 0 Å². The third-order valence-electron chi connectivity index (χ3n) is 2.45. The molecule has 1 saturated heterocycles. The van der Waals surface area contributed by atoms with E-state index in [9.17, 15) is 5.11 Å². The summed E-state index contributed by atoms with van der Waals surface area (Å²) in [5.41, 5.74) is 0. The summed E-state index contributed by atoms with van der Waals surface area (Å²) in [7, 11) is 0. The van der Waals surface area contributed by atoms with Crippen LogP contribution >= 0.6 is 0 Å². The van der Waals surface area contributed by atoms with Crippen LogP contribution in [0, 0.1) is 0 Å². The van der Waals surface area contributed by atoms with Gasteiger partial charge in [-0.1, -0.05) is 6.92 Å². The maximum atomic E-state index is 9.32. The van der Waals surface area contributed by atoms with E-state index in [2.05, 4.69) is 6.92 Å². The molecule has 0 spiro atoms. The summed E-state index contributed by atoms with van der Waals surface area (Å²) < 4.78 is 5.58. The molecule has 1 fully saturated rings. The quantitative estimate of drug-likeness (QED) is 0.661. The van der Waals surface area contributed by atoms with E-state index >= 15 is 0 Å². The molecule has 1 rings (SSSR count). The summed E-state index contributed by atoms with van der Waals surface area (Å²) in [5, 5.41) is 18.0. The molecule has 1 aliphatic rings. The Morgan fingerprint density at radius 3 is 2.83 bits per heavy atom. The van der Waals surface area contributed by atoms with Crippen LogP contribution in [0.5, 0.6) is 0 Å². The molecular formula is C9H18O3. The molecule has 0 aromatic carbocycles. The van der Waals surface area contributed by atoms with E-state index in [1.807, 2.05) is 0 Å². The fourth-order valence-electron chi connectivity index (χ4n) is 1.63. The SMILES string of the molecule is CC[C@H]1CCC[C@@H]([C@H](O)CO)O1. The zero-order valence-electron chi connectivity index (χ0n) is 7.57. The second-order valence-electron chi connectivity index (χ2n) is 3.39. The molecule has 0 unspecified atom stereocenters. The van der Waals surface area contributed by atoms with E-state index < -0.39 is 6.10 Å². The topological polar surface area (TPSA) is 49.7 Å². The normalized spacial score (nSPS) is 33.2. The Kier molecular flexibility index (Phi) is 3.98. The van der Waals surface area contributed by atoms with Crippen LogP contribution < -0.4 is 0 Å². The fourth-order valence-corrected chi connectivity index (χ4v) is 1.63. The van der Waals surface area contributed by atoms with Crippen LogP contribution in [0.1, 0.15) is 32.6 Å². The van der Waals surface area contributed by atoms with Gasteiger partial charge in [-0.3, -0.25) is 0 Å². The van der Waals surface area contributed by atoms with Crippen molar-refractivity contribution in [2.24, 2.45) is 0 Å². The first kappa shape index (κ1) is 9.96. The molecule has 2 N–H and O–H groups in total. The molecule has 3 atom stereocenters. The Morgan fingerprint density at radius 1 is 1.50 bits per heavy atom. The standard InChI is InChI=1S/C9H18O3/c1-2-7-4-3-5-9(12-7)8(11)6-10/h7-11H,2-6H2,1H3/t7-,8+,9-/m0/s1. The number of ether oxygens (including phenoxy) is 1. The van der Waals surface area contributed by atoms with E-state index in [0.717, 1.165) is 25.7 Å². The van der Waals surface area contributed by atoms with Gasteiger partial charge in [0.05, 0.1) is 18.8 Å². The summed E-state index contributed by atoms with van der Waals surface area (Å²) in [4.78, 5) is 0. The summed E-state index contributed by atoms with van der Waals surface area (Å²) in [6, 6.07) is 0. The first-order chi connectivity index (χ1) is 5.77. The molecule has 0 aromatic heterocycles. The van der Waals surface area contributed by atoms with Crippen LogP contribution in [-0.4, -0.2) is 35.1 Å². The zero-order chi connectivity index (χ0) is 8.97. The molecule has 12 heavy (non-hydrogen) atoms. The lowest BCUT2D eigenvalue weighted by atomic mass is 9.99. The lowest BCUT2D eigenvalue weighted by Crippen LogP contribution is -2.38. The number of hydrogen-bond donors (Lipinski definition) is 2. The summed E-state index contributed by atoms with van der Waals surface area (Å²) in [6.07, 6.45) is 3.50. The van der Waals surface area contributed by atoms with Crippen LogP contribution in [0.4, 0.5) is 0 Å². The highest BCUT2D eigenvalue weighted by molar-refractivity contribution is 4.75. The fraction of sp³-hybridized carbons (Fsp3) is 1.00. The van der Waals surface area contributed by atoms with Gasteiger partial charge in [0, 0.05) is 0 Å². The van der Waals surface area contributed by atoms with Crippen molar-refractivity contribution in [2.75, 3.05) is 6.61 Å². The van der Waals surface area contributed by atoms with Crippen LogP contribution in [0.25, 0.3) is 0 Å². The Bertz CT molecular complexity index is 125. The number of hydrogen-bond acceptors (Lipinski definition) is 3. The van der Waals surface area contributed by atoms with Crippen LogP contribution in [-0.2, 0) is 4.74 Å². The van der Waals surface area contributed by atoms with Crippen molar-refractivity contribution in [3.63, 3.8) is 0 Å². The Morgan fingerprint density at radius 2 is 2.25 bits per heavy atom. The van der Waals surface area contributed by atoms with Crippen LogP contribution in [0.3, 0.4) is 0 Å².